The van der Waals surface area contributed by atoms with Gasteiger partial charge in [-0.2, -0.15) is 0 Å². The van der Waals surface area contributed by atoms with Gasteiger partial charge >= 0.3 is 0 Å². The minimum absolute atomic E-state index is 0.0356. The van der Waals surface area contributed by atoms with E-state index < -0.39 is 28.5 Å². The number of rotatable bonds is 13. The molecule has 10 heteroatoms. The lowest BCUT2D eigenvalue weighted by atomic mass is 9.94. The molecule has 0 spiro atoms. The Hall–Kier alpha value is -4.15. The Balaban J connectivity index is 1.55. The average molecular weight is 719 g/mol. The predicted molar refractivity (Wildman–Crippen MR) is 188 cm³/mol. The highest BCUT2D eigenvalue weighted by atomic mass is 79.9. The van der Waals surface area contributed by atoms with Crippen molar-refractivity contribution >= 4 is 43.5 Å². The number of nitrogens with one attached hydrogen (secondary N) is 1. The van der Waals surface area contributed by atoms with Crippen LogP contribution >= 0.6 is 15.9 Å². The van der Waals surface area contributed by atoms with Gasteiger partial charge in [-0.05, 0) is 72.5 Å². The standard InChI is InChI=1S/C37H40BrN3O5S/c1-46-33-23-21-32(22-24-33)41(47(44,45)34-15-9-4-10-16-34)27-36(42)40(26-29-17-19-30(38)20-18-29)35(25-28-11-5-2-6-12-28)37(43)39-31-13-7-3-8-14-31/h2,4-6,9-12,15-24,31,35H,3,7-8,13-14,25-27H2,1H3,(H,39,43)/t35-/m1/s1. The number of methoxy groups -OCH3 is 1. The molecule has 1 aliphatic rings. The Labute approximate surface area is 285 Å². The minimum atomic E-state index is -4.17. The SMILES string of the molecule is COc1ccc(N(CC(=O)N(Cc2ccc(Br)cc2)[C@H](Cc2ccccc2)C(=O)NC2CCCCC2)S(=O)(=O)c2ccccc2)cc1. The van der Waals surface area contributed by atoms with E-state index in [0.717, 1.165) is 52.0 Å². The third-order valence-corrected chi connectivity index (χ3v) is 10.8. The van der Waals surface area contributed by atoms with E-state index in [9.17, 15) is 18.0 Å². The molecule has 246 valence electrons. The summed E-state index contributed by atoms with van der Waals surface area (Å²) in [6.07, 6.45) is 5.30. The Morgan fingerprint density at radius 1 is 0.830 bits per heavy atom. The van der Waals surface area contributed by atoms with Gasteiger partial charge in [0.1, 0.15) is 18.3 Å². The second kappa shape index (κ2) is 16.1. The molecule has 0 saturated heterocycles. The molecule has 47 heavy (non-hydrogen) atoms. The quantitative estimate of drug-likeness (QED) is 0.165. The highest BCUT2D eigenvalue weighted by Gasteiger charge is 2.35. The molecular formula is C37H40BrN3O5S. The monoisotopic (exact) mass is 717 g/mol. The number of ether oxygens (including phenoxy) is 1. The number of anilines is 1. The predicted octanol–water partition coefficient (Wildman–Crippen LogP) is 6.74. The van der Waals surface area contributed by atoms with Gasteiger partial charge in [-0.1, -0.05) is 95.9 Å². The van der Waals surface area contributed by atoms with Crippen LogP contribution in [0.4, 0.5) is 5.69 Å². The van der Waals surface area contributed by atoms with Crippen molar-refractivity contribution in [3.63, 3.8) is 0 Å². The second-order valence-electron chi connectivity index (χ2n) is 11.7. The maximum atomic E-state index is 14.6. The van der Waals surface area contributed by atoms with Crippen molar-refractivity contribution in [2.45, 2.75) is 62.0 Å². The van der Waals surface area contributed by atoms with Crippen molar-refractivity contribution in [1.82, 2.24) is 10.2 Å². The van der Waals surface area contributed by atoms with Gasteiger partial charge in [0.2, 0.25) is 11.8 Å². The molecule has 8 nitrogen and oxygen atoms in total. The van der Waals surface area contributed by atoms with E-state index in [4.69, 9.17) is 4.74 Å². The zero-order valence-corrected chi connectivity index (χ0v) is 28.8. The number of carbonyl (C=O) groups is 2. The van der Waals surface area contributed by atoms with Crippen LogP contribution in [0.25, 0.3) is 0 Å². The fourth-order valence-corrected chi connectivity index (χ4v) is 7.58. The molecule has 0 bridgehead atoms. The van der Waals surface area contributed by atoms with Gasteiger partial charge in [-0.15, -0.1) is 0 Å². The van der Waals surface area contributed by atoms with Crippen LogP contribution in [0.3, 0.4) is 0 Å². The Kier molecular flexibility index (Phi) is 11.7. The number of hydrogen-bond donors (Lipinski definition) is 1. The lowest BCUT2D eigenvalue weighted by Gasteiger charge is -2.35. The molecule has 2 amide bonds. The Morgan fingerprint density at radius 2 is 1.45 bits per heavy atom. The first-order valence-electron chi connectivity index (χ1n) is 15.8. The molecule has 0 unspecified atom stereocenters. The summed E-state index contributed by atoms with van der Waals surface area (Å²) in [5, 5.41) is 3.24. The first-order valence-corrected chi connectivity index (χ1v) is 18.1. The maximum absolute atomic E-state index is 14.6. The van der Waals surface area contributed by atoms with Crippen LogP contribution in [0, 0.1) is 0 Å². The molecule has 0 aromatic heterocycles. The van der Waals surface area contributed by atoms with Crippen molar-refractivity contribution in [2.75, 3.05) is 18.0 Å². The van der Waals surface area contributed by atoms with Gasteiger partial charge in [0.15, 0.2) is 0 Å². The second-order valence-corrected chi connectivity index (χ2v) is 14.5. The van der Waals surface area contributed by atoms with Gasteiger partial charge in [0, 0.05) is 23.5 Å². The van der Waals surface area contributed by atoms with Gasteiger partial charge in [-0.25, -0.2) is 8.42 Å². The van der Waals surface area contributed by atoms with Crippen LogP contribution < -0.4 is 14.4 Å². The highest BCUT2D eigenvalue weighted by Crippen LogP contribution is 2.27. The first-order chi connectivity index (χ1) is 22.7. The lowest BCUT2D eigenvalue weighted by Crippen LogP contribution is -2.55. The first kappa shape index (κ1) is 34.2. The van der Waals surface area contributed by atoms with Crippen LogP contribution in [0.2, 0.25) is 0 Å². The summed E-state index contributed by atoms with van der Waals surface area (Å²) >= 11 is 3.48. The number of carbonyl (C=O) groups excluding carboxylic acids is 2. The number of sulfonamides is 1. The summed E-state index contributed by atoms with van der Waals surface area (Å²) in [4.78, 5) is 30.4. The molecule has 1 aliphatic carbocycles. The number of halogens is 1. The average Bonchev–Trinajstić information content (AvgIpc) is 3.10. The summed E-state index contributed by atoms with van der Waals surface area (Å²) in [7, 11) is -2.64. The maximum Gasteiger partial charge on any atom is 0.264 e. The molecule has 0 radical (unpaired) electrons. The fraction of sp³-hybridized carbons (Fsp3) is 0.297. The number of nitrogens with zero attached hydrogens (tertiary/aromatic N) is 2. The van der Waals surface area contributed by atoms with Crippen LogP contribution in [0.5, 0.6) is 5.75 Å². The molecule has 1 saturated carbocycles. The summed E-state index contributed by atoms with van der Waals surface area (Å²) in [6.45, 7) is -0.397. The molecular weight excluding hydrogens is 678 g/mol. The van der Waals surface area contributed by atoms with E-state index >= 15 is 0 Å². The zero-order chi connectivity index (χ0) is 33.2. The fourth-order valence-electron chi connectivity index (χ4n) is 5.88. The lowest BCUT2D eigenvalue weighted by molar-refractivity contribution is -0.140. The number of benzene rings is 4. The van der Waals surface area contributed by atoms with E-state index in [1.54, 1.807) is 42.5 Å². The van der Waals surface area contributed by atoms with E-state index in [1.807, 2.05) is 54.6 Å². The highest BCUT2D eigenvalue weighted by molar-refractivity contribution is 9.10. The van der Waals surface area contributed by atoms with Crippen molar-refractivity contribution in [1.29, 1.82) is 0 Å². The van der Waals surface area contributed by atoms with E-state index in [1.165, 1.54) is 24.1 Å². The van der Waals surface area contributed by atoms with E-state index in [0.29, 0.717) is 11.4 Å². The summed E-state index contributed by atoms with van der Waals surface area (Å²) in [5.74, 6) is -0.188. The van der Waals surface area contributed by atoms with Crippen LogP contribution in [0.1, 0.15) is 43.2 Å². The molecule has 4 aromatic carbocycles. The summed E-state index contributed by atoms with van der Waals surface area (Å²) in [5.41, 5.74) is 2.01. The molecule has 1 N–H and O–H groups in total. The van der Waals surface area contributed by atoms with E-state index in [-0.39, 0.29) is 29.8 Å². The van der Waals surface area contributed by atoms with Gasteiger partial charge in [0.25, 0.3) is 10.0 Å². The van der Waals surface area contributed by atoms with Gasteiger partial charge < -0.3 is 15.0 Å². The largest absolute Gasteiger partial charge is 0.497 e. The smallest absolute Gasteiger partial charge is 0.264 e. The number of amides is 2. The van der Waals surface area contributed by atoms with Crippen LogP contribution in [-0.2, 0) is 32.6 Å². The molecule has 5 rings (SSSR count). The van der Waals surface area contributed by atoms with Crippen molar-refractivity contribution in [3.8, 4) is 5.75 Å². The van der Waals surface area contributed by atoms with Gasteiger partial charge in [0.05, 0.1) is 17.7 Å². The molecule has 4 aromatic rings. The third kappa shape index (κ3) is 9.02. The molecule has 1 fully saturated rings. The zero-order valence-electron chi connectivity index (χ0n) is 26.4. The van der Waals surface area contributed by atoms with Crippen molar-refractivity contribution < 1.29 is 22.7 Å². The van der Waals surface area contributed by atoms with Crippen LogP contribution in [0.15, 0.2) is 119 Å². The Bertz CT molecular complexity index is 1710. The van der Waals surface area contributed by atoms with E-state index in [2.05, 4.69) is 21.2 Å². The van der Waals surface area contributed by atoms with Crippen molar-refractivity contribution in [2.24, 2.45) is 0 Å². The Morgan fingerprint density at radius 3 is 2.06 bits per heavy atom. The summed E-state index contributed by atoms with van der Waals surface area (Å²) in [6, 6.07) is 30.9. The summed E-state index contributed by atoms with van der Waals surface area (Å²) < 4.78 is 35.6. The molecule has 0 heterocycles. The molecule has 1 atom stereocenters. The topological polar surface area (TPSA) is 96.0 Å². The number of hydrogen-bond acceptors (Lipinski definition) is 5. The normalized spacial score (nSPS) is 14.2. The van der Waals surface area contributed by atoms with Gasteiger partial charge in [-0.3, -0.25) is 13.9 Å². The minimum Gasteiger partial charge on any atom is -0.497 e. The van der Waals surface area contributed by atoms with Crippen LogP contribution in [-0.4, -0.2) is 50.9 Å². The van der Waals surface area contributed by atoms with Crippen molar-refractivity contribution in [3.05, 3.63) is 125 Å². The molecule has 0 aliphatic heterocycles. The third-order valence-electron chi connectivity index (χ3n) is 8.46.